The predicted molar refractivity (Wildman–Crippen MR) is 280 cm³/mol. The Labute approximate surface area is 391 Å². The van der Waals surface area contributed by atoms with Gasteiger partial charge >= 0.3 is 0 Å². The molecule has 2 aliphatic rings. The smallest absolute Gasteiger partial charge is 0.0714 e. The van der Waals surface area contributed by atoms with Gasteiger partial charge in [-0.25, -0.2) is 0 Å². The first-order valence-electron chi connectivity index (χ1n) is 22.9. The first-order valence-corrected chi connectivity index (χ1v) is 22.9. The van der Waals surface area contributed by atoms with Gasteiger partial charge in [-0.1, -0.05) is 224 Å². The fourth-order valence-electron chi connectivity index (χ4n) is 10.6. The number of nitrogens with one attached hydrogen (secondary N) is 2. The monoisotopic (exact) mass is 855 g/mol. The van der Waals surface area contributed by atoms with E-state index in [1.165, 1.54) is 38.8 Å². The molecule has 0 saturated heterocycles. The Balaban J connectivity index is 1.14. The van der Waals surface area contributed by atoms with Crippen LogP contribution in [0.15, 0.2) is 255 Å². The standard InChI is InChI=1S/C64H45N3/c65-62(47-26-10-3-11-27-47)61(46-24-8-2-9-25-46)63-56-42-51(38-37-48(56)41-59(66-63)45-22-6-1-7-23-45)67(60-36-20-28-44-21-16-17-33-53(44)60)52-39-40-55-54-34-18-19-35-57(54)64(58(55)43-52,49-29-12-4-13-30-49)50-31-14-5-15-32-50/h1-43,65-66H/b63-61-,65-62?. The van der Waals surface area contributed by atoms with Crippen molar-refractivity contribution in [3.8, 4) is 11.1 Å². The maximum absolute atomic E-state index is 9.95. The Hall–Kier alpha value is -8.79. The second kappa shape index (κ2) is 16.6. The molecule has 0 spiro atoms. The molecule has 0 unspecified atom stereocenters. The average molecular weight is 856 g/mol. The lowest BCUT2D eigenvalue weighted by molar-refractivity contribution is 0.768. The quantitative estimate of drug-likeness (QED) is 0.142. The maximum Gasteiger partial charge on any atom is 0.0714 e. The number of allylic oxidation sites excluding steroid dienone is 1. The van der Waals surface area contributed by atoms with Crippen LogP contribution in [0.4, 0.5) is 17.1 Å². The molecule has 12 rings (SSSR count). The Bertz CT molecular complexity index is 3490. The van der Waals surface area contributed by atoms with Gasteiger partial charge in [-0.05, 0) is 91.9 Å². The molecule has 316 valence electrons. The van der Waals surface area contributed by atoms with Crippen LogP contribution in [0.1, 0.15) is 50.1 Å². The second-order valence-corrected chi connectivity index (χ2v) is 17.3. The number of hydrogen-bond acceptors (Lipinski definition) is 3. The molecule has 1 heterocycles. The molecule has 0 saturated carbocycles. The maximum atomic E-state index is 9.95. The molecular weight excluding hydrogens is 811 g/mol. The van der Waals surface area contributed by atoms with E-state index in [0.717, 1.165) is 67.2 Å². The van der Waals surface area contributed by atoms with Gasteiger partial charge in [-0.15, -0.1) is 0 Å². The number of fused-ring (bicyclic) bond motifs is 5. The van der Waals surface area contributed by atoms with E-state index in [4.69, 9.17) is 0 Å². The minimum absolute atomic E-state index is 0.447. The number of hydrogen-bond donors (Lipinski definition) is 2. The zero-order valence-corrected chi connectivity index (χ0v) is 36.8. The molecule has 0 atom stereocenters. The van der Waals surface area contributed by atoms with Crippen LogP contribution in [0.2, 0.25) is 0 Å². The Morgan fingerprint density at radius 1 is 0.433 bits per heavy atom. The molecule has 10 aromatic rings. The van der Waals surface area contributed by atoms with Crippen molar-refractivity contribution >= 4 is 56.6 Å². The molecule has 2 N–H and O–H groups in total. The first kappa shape index (κ1) is 39.8. The minimum Gasteiger partial charge on any atom is -0.354 e. The molecule has 0 radical (unpaired) electrons. The Morgan fingerprint density at radius 2 is 0.985 bits per heavy atom. The van der Waals surface area contributed by atoms with Crippen LogP contribution in [0.25, 0.3) is 44.9 Å². The molecule has 0 fully saturated rings. The van der Waals surface area contributed by atoms with Crippen molar-refractivity contribution in [2.24, 2.45) is 0 Å². The van der Waals surface area contributed by atoms with Crippen molar-refractivity contribution in [1.82, 2.24) is 5.32 Å². The number of rotatable bonds is 9. The third kappa shape index (κ3) is 6.71. The summed E-state index contributed by atoms with van der Waals surface area (Å²) in [7, 11) is 0. The van der Waals surface area contributed by atoms with Gasteiger partial charge in [0.05, 0.1) is 22.5 Å². The summed E-state index contributed by atoms with van der Waals surface area (Å²) in [5.41, 5.74) is 18.1. The fraction of sp³-hybridized carbons (Fsp3) is 0.0156. The van der Waals surface area contributed by atoms with Crippen molar-refractivity contribution < 1.29 is 0 Å². The van der Waals surface area contributed by atoms with Crippen LogP contribution in [0.5, 0.6) is 0 Å². The van der Waals surface area contributed by atoms with Crippen molar-refractivity contribution in [1.29, 1.82) is 5.41 Å². The van der Waals surface area contributed by atoms with E-state index >= 15 is 0 Å². The average Bonchev–Trinajstić information content (AvgIpc) is 3.70. The van der Waals surface area contributed by atoms with Crippen LogP contribution >= 0.6 is 0 Å². The molecule has 10 aromatic carbocycles. The van der Waals surface area contributed by atoms with Gasteiger partial charge in [-0.2, -0.15) is 0 Å². The zero-order chi connectivity index (χ0) is 44.7. The van der Waals surface area contributed by atoms with Gasteiger partial charge < -0.3 is 10.2 Å². The molecule has 1 aliphatic heterocycles. The highest BCUT2D eigenvalue weighted by Crippen LogP contribution is 2.57. The van der Waals surface area contributed by atoms with Crippen molar-refractivity contribution in [3.05, 3.63) is 305 Å². The van der Waals surface area contributed by atoms with Gasteiger partial charge in [0.1, 0.15) is 0 Å². The normalized spacial score (nSPS) is 13.9. The van der Waals surface area contributed by atoms with Gasteiger partial charge in [0.25, 0.3) is 0 Å². The number of benzene rings is 10. The van der Waals surface area contributed by atoms with Gasteiger partial charge in [-0.3, -0.25) is 5.41 Å². The third-order valence-corrected chi connectivity index (χ3v) is 13.5. The van der Waals surface area contributed by atoms with Gasteiger partial charge in [0, 0.05) is 39.2 Å². The van der Waals surface area contributed by atoms with Crippen molar-refractivity contribution in [3.63, 3.8) is 0 Å². The Morgan fingerprint density at radius 3 is 1.70 bits per heavy atom. The van der Waals surface area contributed by atoms with Crippen LogP contribution in [-0.4, -0.2) is 5.71 Å². The fourth-order valence-corrected chi connectivity index (χ4v) is 10.6. The van der Waals surface area contributed by atoms with E-state index in [1.54, 1.807) is 0 Å². The summed E-state index contributed by atoms with van der Waals surface area (Å²) in [6.45, 7) is 0. The summed E-state index contributed by atoms with van der Waals surface area (Å²) in [5, 5.41) is 16.2. The second-order valence-electron chi connectivity index (χ2n) is 17.3. The van der Waals surface area contributed by atoms with Crippen LogP contribution in [0.3, 0.4) is 0 Å². The summed E-state index contributed by atoms with van der Waals surface area (Å²) < 4.78 is 0. The van der Waals surface area contributed by atoms with Crippen LogP contribution in [0, 0.1) is 5.41 Å². The summed E-state index contributed by atoms with van der Waals surface area (Å²) in [4.78, 5) is 2.44. The lowest BCUT2D eigenvalue weighted by atomic mass is 9.67. The lowest BCUT2D eigenvalue weighted by Gasteiger charge is -2.35. The lowest BCUT2D eigenvalue weighted by Crippen LogP contribution is -2.28. The molecule has 3 heteroatoms. The van der Waals surface area contributed by atoms with E-state index in [2.05, 4.69) is 229 Å². The van der Waals surface area contributed by atoms with E-state index in [9.17, 15) is 5.41 Å². The van der Waals surface area contributed by atoms with E-state index in [0.29, 0.717) is 5.71 Å². The van der Waals surface area contributed by atoms with Gasteiger partial charge in [0.2, 0.25) is 0 Å². The predicted octanol–water partition coefficient (Wildman–Crippen LogP) is 15.7. The van der Waals surface area contributed by atoms with Crippen LogP contribution in [-0.2, 0) is 5.41 Å². The summed E-state index contributed by atoms with van der Waals surface area (Å²) >= 11 is 0. The highest BCUT2D eigenvalue weighted by Gasteiger charge is 2.46. The molecule has 0 aromatic heterocycles. The molecular formula is C64H45N3. The van der Waals surface area contributed by atoms with Gasteiger partial charge in [0.15, 0.2) is 0 Å². The van der Waals surface area contributed by atoms with E-state index in [1.807, 2.05) is 42.5 Å². The van der Waals surface area contributed by atoms with Crippen molar-refractivity contribution in [2.45, 2.75) is 5.41 Å². The summed E-state index contributed by atoms with van der Waals surface area (Å²) in [5.74, 6) is 0. The van der Waals surface area contributed by atoms with E-state index in [-0.39, 0.29) is 0 Å². The van der Waals surface area contributed by atoms with Crippen molar-refractivity contribution in [2.75, 3.05) is 4.90 Å². The highest BCUT2D eigenvalue weighted by molar-refractivity contribution is 6.36. The molecule has 0 bridgehead atoms. The molecule has 0 amide bonds. The first-order chi connectivity index (χ1) is 33.2. The van der Waals surface area contributed by atoms with Crippen LogP contribution < -0.4 is 10.2 Å². The summed E-state index contributed by atoms with van der Waals surface area (Å²) in [6.07, 6.45) is 2.25. The largest absolute Gasteiger partial charge is 0.354 e. The SMILES string of the molecule is N=C(/C(=C1\NC(c2ccccc2)=Cc2ccc(N(c3ccc4c(c3)C(c3ccccc3)(c3ccccc3)c3ccccc3-4)c3cccc4ccccc34)cc21)c1ccccc1)c1ccccc1. The van der Waals surface area contributed by atoms with E-state index < -0.39 is 5.41 Å². The number of nitrogens with zero attached hydrogens (tertiary/aromatic N) is 1. The molecule has 1 aliphatic carbocycles. The minimum atomic E-state index is -0.564. The molecule has 67 heavy (non-hydrogen) atoms. The third-order valence-electron chi connectivity index (χ3n) is 13.5. The number of anilines is 3. The highest BCUT2D eigenvalue weighted by atomic mass is 15.1. The Kier molecular flexibility index (Phi) is 9.88. The zero-order valence-electron chi connectivity index (χ0n) is 36.8. The summed E-state index contributed by atoms with van der Waals surface area (Å²) in [6, 6.07) is 91.1. The molecule has 3 nitrogen and oxygen atoms in total. The topological polar surface area (TPSA) is 39.1 Å².